The molecular weight excluding hydrogens is 406 g/mol. The number of nitrogens with zero attached hydrogens (tertiary/aromatic N) is 7. The molecule has 2 heterocycles. The summed E-state index contributed by atoms with van der Waals surface area (Å²) in [6.45, 7) is 2.66. The first-order valence-corrected chi connectivity index (χ1v) is 11.3. The quantitative estimate of drug-likeness (QED) is 0.390. The van der Waals surface area contributed by atoms with Crippen molar-refractivity contribution in [1.82, 2.24) is 25.1 Å². The van der Waals surface area contributed by atoms with Crippen LogP contribution in [0.25, 0.3) is 0 Å². The molecule has 4 rings (SSSR count). The first-order chi connectivity index (χ1) is 14.6. The van der Waals surface area contributed by atoms with E-state index in [-0.39, 0.29) is 11.6 Å². The van der Waals surface area contributed by atoms with E-state index in [9.17, 15) is 14.9 Å². The van der Waals surface area contributed by atoms with Gasteiger partial charge in [0.25, 0.3) is 5.69 Å². The number of carbonyl (C=O) groups is 1. The van der Waals surface area contributed by atoms with Gasteiger partial charge in [0.1, 0.15) is 0 Å². The molecule has 1 aliphatic heterocycles. The van der Waals surface area contributed by atoms with Crippen molar-refractivity contribution in [1.29, 1.82) is 0 Å². The van der Waals surface area contributed by atoms with Crippen molar-refractivity contribution in [3.8, 4) is 0 Å². The number of thioether (sulfide) groups is 1. The van der Waals surface area contributed by atoms with E-state index < -0.39 is 4.92 Å². The Morgan fingerprint density at radius 3 is 2.47 bits per heavy atom. The zero-order chi connectivity index (χ0) is 20.9. The van der Waals surface area contributed by atoms with Crippen molar-refractivity contribution < 1.29 is 9.72 Å². The normalized spacial score (nSPS) is 17.9. The molecule has 0 radical (unpaired) electrons. The molecule has 2 fully saturated rings. The summed E-state index contributed by atoms with van der Waals surface area (Å²) in [6, 6.07) is 6.89. The van der Waals surface area contributed by atoms with Crippen molar-refractivity contribution in [2.45, 2.75) is 43.3 Å². The number of nitro groups is 1. The van der Waals surface area contributed by atoms with Crippen LogP contribution in [0.3, 0.4) is 0 Å². The van der Waals surface area contributed by atoms with Crippen molar-refractivity contribution in [3.63, 3.8) is 0 Å². The fourth-order valence-corrected chi connectivity index (χ4v) is 4.90. The molecule has 30 heavy (non-hydrogen) atoms. The highest BCUT2D eigenvalue weighted by Gasteiger charge is 2.24. The summed E-state index contributed by atoms with van der Waals surface area (Å²) in [5.41, 5.74) is 1.02. The van der Waals surface area contributed by atoms with Gasteiger partial charge in [-0.3, -0.25) is 14.9 Å². The molecule has 0 unspecified atom stereocenters. The van der Waals surface area contributed by atoms with Crippen LogP contribution in [-0.2, 0) is 4.79 Å². The number of hydrogen-bond acceptors (Lipinski definition) is 8. The number of amides is 1. The van der Waals surface area contributed by atoms with E-state index in [1.165, 1.54) is 43.2 Å². The van der Waals surface area contributed by atoms with E-state index in [4.69, 9.17) is 0 Å². The molecule has 2 aliphatic rings. The number of aromatic nitrogens is 4. The Labute approximate surface area is 178 Å². The fraction of sp³-hybridized carbons (Fsp3) is 0.579. The van der Waals surface area contributed by atoms with E-state index in [0.29, 0.717) is 38.0 Å². The Morgan fingerprint density at radius 2 is 1.80 bits per heavy atom. The molecule has 1 aromatic heterocycles. The van der Waals surface area contributed by atoms with Crippen LogP contribution in [-0.4, -0.2) is 67.9 Å². The van der Waals surface area contributed by atoms with Crippen molar-refractivity contribution in [2.24, 2.45) is 0 Å². The highest BCUT2D eigenvalue weighted by molar-refractivity contribution is 7.99. The first-order valence-electron chi connectivity index (χ1n) is 10.3. The first kappa shape index (κ1) is 20.6. The zero-order valence-electron chi connectivity index (χ0n) is 16.7. The minimum atomic E-state index is -0.400. The van der Waals surface area contributed by atoms with Crippen LogP contribution in [0.2, 0.25) is 0 Å². The second-order valence-electron chi connectivity index (χ2n) is 7.63. The second kappa shape index (κ2) is 9.41. The number of nitro benzene ring substituents is 1. The maximum Gasteiger partial charge on any atom is 0.269 e. The van der Waals surface area contributed by atoms with Gasteiger partial charge >= 0.3 is 0 Å². The topological polar surface area (TPSA) is 110 Å². The molecule has 1 saturated carbocycles. The average Bonchev–Trinajstić information content (AvgIpc) is 3.27. The minimum absolute atomic E-state index is 0.0835. The number of benzene rings is 1. The van der Waals surface area contributed by atoms with E-state index in [1.807, 2.05) is 9.58 Å². The summed E-state index contributed by atoms with van der Waals surface area (Å²) in [7, 11) is 0. The predicted molar refractivity (Wildman–Crippen MR) is 113 cm³/mol. The van der Waals surface area contributed by atoms with Gasteiger partial charge in [-0.2, -0.15) is 0 Å². The number of piperazine rings is 1. The van der Waals surface area contributed by atoms with E-state index in [1.54, 1.807) is 12.1 Å². The molecule has 160 valence electrons. The zero-order valence-corrected chi connectivity index (χ0v) is 17.5. The molecule has 1 saturated heterocycles. The highest BCUT2D eigenvalue weighted by Crippen LogP contribution is 2.30. The molecule has 1 aromatic carbocycles. The summed E-state index contributed by atoms with van der Waals surface area (Å²) in [5.74, 6) is 0.409. The van der Waals surface area contributed by atoms with Gasteiger partial charge in [0.05, 0.1) is 16.7 Å². The number of hydrogen-bond donors (Lipinski definition) is 0. The second-order valence-corrected chi connectivity index (χ2v) is 8.57. The molecule has 2 aromatic rings. The van der Waals surface area contributed by atoms with Gasteiger partial charge in [-0.15, -0.1) is 5.10 Å². The van der Waals surface area contributed by atoms with Crippen LogP contribution < -0.4 is 4.90 Å². The molecule has 0 spiro atoms. The van der Waals surface area contributed by atoms with Gasteiger partial charge in [-0.05, 0) is 35.4 Å². The Bertz CT molecular complexity index is 875. The van der Waals surface area contributed by atoms with Crippen LogP contribution in [0.5, 0.6) is 0 Å². The maximum absolute atomic E-state index is 12.7. The molecule has 0 N–H and O–H groups in total. The standard InChI is InChI=1S/C19H25N7O3S/c27-18(14-30-19-20-21-22-25(19)16-4-2-1-3-5-16)24-12-10-23(11-13-24)15-6-8-17(9-7-15)26(28)29/h6-9,16H,1-5,10-14H2. The number of carbonyl (C=O) groups excluding carboxylic acids is 1. The van der Waals surface area contributed by atoms with E-state index in [2.05, 4.69) is 20.4 Å². The van der Waals surface area contributed by atoms with Gasteiger partial charge < -0.3 is 9.80 Å². The van der Waals surface area contributed by atoms with Gasteiger partial charge in [0, 0.05) is 44.0 Å². The van der Waals surface area contributed by atoms with Crippen LogP contribution >= 0.6 is 11.8 Å². The van der Waals surface area contributed by atoms with E-state index >= 15 is 0 Å². The lowest BCUT2D eigenvalue weighted by molar-refractivity contribution is -0.384. The number of rotatable bonds is 6. The highest BCUT2D eigenvalue weighted by atomic mass is 32.2. The molecule has 11 heteroatoms. The SMILES string of the molecule is O=C(CSc1nnnn1C1CCCCC1)N1CCN(c2ccc([N+](=O)[O-])cc2)CC1. The van der Waals surface area contributed by atoms with Gasteiger partial charge in [-0.25, -0.2) is 4.68 Å². The Balaban J connectivity index is 1.27. The average molecular weight is 432 g/mol. The summed E-state index contributed by atoms with van der Waals surface area (Å²) < 4.78 is 1.89. The monoisotopic (exact) mass is 431 g/mol. The lowest BCUT2D eigenvalue weighted by Gasteiger charge is -2.36. The summed E-state index contributed by atoms with van der Waals surface area (Å²) in [6.07, 6.45) is 5.86. The van der Waals surface area contributed by atoms with E-state index in [0.717, 1.165) is 23.7 Å². The van der Waals surface area contributed by atoms with Crippen LogP contribution in [0.1, 0.15) is 38.1 Å². The smallest absolute Gasteiger partial charge is 0.269 e. The van der Waals surface area contributed by atoms with Gasteiger partial charge in [-0.1, -0.05) is 31.0 Å². The molecule has 1 amide bonds. The lowest BCUT2D eigenvalue weighted by Crippen LogP contribution is -2.49. The summed E-state index contributed by atoms with van der Waals surface area (Å²) >= 11 is 1.41. The van der Waals surface area contributed by atoms with Crippen molar-refractivity contribution in [2.75, 3.05) is 36.8 Å². The van der Waals surface area contributed by atoms with Crippen molar-refractivity contribution >= 4 is 29.0 Å². The van der Waals surface area contributed by atoms with Crippen LogP contribution in [0.4, 0.5) is 11.4 Å². The Kier molecular flexibility index (Phi) is 6.46. The molecule has 10 nitrogen and oxygen atoms in total. The van der Waals surface area contributed by atoms with Crippen molar-refractivity contribution in [3.05, 3.63) is 34.4 Å². The summed E-state index contributed by atoms with van der Waals surface area (Å²) in [4.78, 5) is 27.1. The number of tetrazole rings is 1. The molecular formula is C19H25N7O3S. The molecule has 1 aliphatic carbocycles. The third kappa shape index (κ3) is 4.72. The van der Waals surface area contributed by atoms with Crippen LogP contribution in [0.15, 0.2) is 29.4 Å². The lowest BCUT2D eigenvalue weighted by atomic mass is 9.96. The van der Waals surface area contributed by atoms with Gasteiger partial charge in [0.15, 0.2) is 0 Å². The maximum atomic E-state index is 12.7. The number of non-ortho nitro benzene ring substituents is 1. The Morgan fingerprint density at radius 1 is 1.10 bits per heavy atom. The molecule has 0 bridgehead atoms. The predicted octanol–water partition coefficient (Wildman–Crippen LogP) is 2.53. The molecule has 0 atom stereocenters. The Hall–Kier alpha value is -2.69. The third-order valence-electron chi connectivity index (χ3n) is 5.77. The number of anilines is 1. The van der Waals surface area contributed by atoms with Crippen LogP contribution in [0, 0.1) is 10.1 Å². The largest absolute Gasteiger partial charge is 0.368 e. The fourth-order valence-electron chi connectivity index (χ4n) is 4.05. The third-order valence-corrected chi connectivity index (χ3v) is 6.68. The summed E-state index contributed by atoms with van der Waals surface area (Å²) in [5, 5.41) is 23.6. The van der Waals surface area contributed by atoms with Gasteiger partial charge in [0.2, 0.25) is 11.1 Å². The minimum Gasteiger partial charge on any atom is -0.368 e.